The lowest BCUT2D eigenvalue weighted by Crippen LogP contribution is -2.29. The second-order valence-corrected chi connectivity index (χ2v) is 5.90. The monoisotopic (exact) mass is 382 g/mol. The highest BCUT2D eigenvalue weighted by Crippen LogP contribution is 2.16. The van der Waals surface area contributed by atoms with Crippen LogP contribution in [-0.2, 0) is 6.54 Å². The summed E-state index contributed by atoms with van der Waals surface area (Å²) in [5, 5.41) is 5.91. The molecule has 0 saturated heterocycles. The first-order valence-electron chi connectivity index (χ1n) is 8.81. The van der Waals surface area contributed by atoms with Gasteiger partial charge >= 0.3 is 0 Å². The van der Waals surface area contributed by atoms with Gasteiger partial charge in [0.2, 0.25) is 0 Å². The van der Waals surface area contributed by atoms with Gasteiger partial charge in [0, 0.05) is 6.07 Å². The van der Waals surface area contributed by atoms with Crippen LogP contribution in [-0.4, -0.2) is 36.1 Å². The Morgan fingerprint density at radius 3 is 2.64 bits per heavy atom. The Bertz CT molecular complexity index is 895. The van der Waals surface area contributed by atoms with Gasteiger partial charge in [0.25, 0.3) is 5.91 Å². The molecule has 0 spiro atoms. The Kier molecular flexibility index (Phi) is 6.46. The van der Waals surface area contributed by atoms with Crippen molar-refractivity contribution in [3.05, 3.63) is 66.0 Å². The molecule has 2 N–H and O–H groups in total. The van der Waals surface area contributed by atoms with Crippen molar-refractivity contribution in [1.29, 1.82) is 0 Å². The van der Waals surface area contributed by atoms with Gasteiger partial charge in [-0.25, -0.2) is 9.97 Å². The molecule has 1 amide bonds. The second kappa shape index (κ2) is 9.40. The highest BCUT2D eigenvalue weighted by Gasteiger charge is 2.10. The van der Waals surface area contributed by atoms with Crippen LogP contribution in [0.3, 0.4) is 0 Å². The first-order chi connectivity index (χ1) is 13.6. The van der Waals surface area contributed by atoms with Gasteiger partial charge in [0.15, 0.2) is 0 Å². The maximum absolute atomic E-state index is 12.4. The van der Waals surface area contributed by atoms with Gasteiger partial charge in [-0.3, -0.25) is 4.79 Å². The Hall–Kier alpha value is -3.55. The molecular formula is C20H22N4O4. The van der Waals surface area contributed by atoms with E-state index >= 15 is 0 Å². The van der Waals surface area contributed by atoms with E-state index in [0.717, 1.165) is 11.5 Å². The molecule has 0 fully saturated rings. The molecule has 2 aromatic heterocycles. The van der Waals surface area contributed by atoms with E-state index in [-0.39, 0.29) is 5.91 Å². The molecule has 1 aromatic carbocycles. The van der Waals surface area contributed by atoms with Crippen molar-refractivity contribution < 1.29 is 18.7 Å². The Labute approximate surface area is 162 Å². The summed E-state index contributed by atoms with van der Waals surface area (Å²) in [5.41, 5.74) is 0.291. The number of anilines is 1. The zero-order chi connectivity index (χ0) is 19.8. The van der Waals surface area contributed by atoms with E-state index < -0.39 is 0 Å². The number of ether oxygens (including phenoxy) is 2. The van der Waals surface area contributed by atoms with Crippen LogP contribution in [0.15, 0.2) is 53.1 Å². The number of furan rings is 1. The van der Waals surface area contributed by atoms with Crippen molar-refractivity contribution in [2.45, 2.75) is 13.5 Å². The van der Waals surface area contributed by atoms with Crippen LogP contribution in [0, 0.1) is 6.92 Å². The van der Waals surface area contributed by atoms with Crippen LogP contribution in [0.5, 0.6) is 11.5 Å². The topological polar surface area (TPSA) is 98.5 Å². The maximum atomic E-state index is 12.4. The zero-order valence-corrected chi connectivity index (χ0v) is 15.8. The summed E-state index contributed by atoms with van der Waals surface area (Å²) in [6.45, 7) is 2.90. The van der Waals surface area contributed by atoms with Crippen LogP contribution in [0.4, 0.5) is 5.82 Å². The van der Waals surface area contributed by atoms with Gasteiger partial charge in [-0.2, -0.15) is 0 Å². The van der Waals surface area contributed by atoms with E-state index in [1.165, 1.54) is 0 Å². The van der Waals surface area contributed by atoms with Crippen molar-refractivity contribution in [3.63, 3.8) is 0 Å². The molecule has 28 heavy (non-hydrogen) atoms. The molecule has 0 radical (unpaired) electrons. The highest BCUT2D eigenvalue weighted by molar-refractivity contribution is 5.92. The zero-order valence-electron chi connectivity index (χ0n) is 15.8. The van der Waals surface area contributed by atoms with Crippen molar-refractivity contribution in [2.75, 3.05) is 25.6 Å². The largest absolute Gasteiger partial charge is 0.497 e. The summed E-state index contributed by atoms with van der Waals surface area (Å²) in [5.74, 6) is 3.02. The molecular weight excluding hydrogens is 360 g/mol. The van der Waals surface area contributed by atoms with E-state index in [9.17, 15) is 4.79 Å². The van der Waals surface area contributed by atoms with Gasteiger partial charge in [0.05, 0.1) is 26.5 Å². The summed E-state index contributed by atoms with van der Waals surface area (Å²) >= 11 is 0. The molecule has 8 heteroatoms. The molecule has 3 rings (SSSR count). The Morgan fingerprint density at radius 1 is 1.14 bits per heavy atom. The summed E-state index contributed by atoms with van der Waals surface area (Å²) in [4.78, 5) is 20.8. The van der Waals surface area contributed by atoms with Crippen LogP contribution in [0.25, 0.3) is 0 Å². The van der Waals surface area contributed by atoms with E-state index in [0.29, 0.717) is 42.8 Å². The fraction of sp³-hybridized carbons (Fsp3) is 0.250. The molecule has 0 saturated carbocycles. The van der Waals surface area contributed by atoms with Gasteiger partial charge in [-0.15, -0.1) is 0 Å². The lowest BCUT2D eigenvalue weighted by Gasteiger charge is -2.10. The molecule has 0 unspecified atom stereocenters. The average molecular weight is 382 g/mol. The number of rotatable bonds is 9. The first-order valence-corrected chi connectivity index (χ1v) is 8.81. The molecule has 0 aliphatic heterocycles. The predicted molar refractivity (Wildman–Crippen MR) is 104 cm³/mol. The van der Waals surface area contributed by atoms with Crippen LogP contribution in [0.2, 0.25) is 0 Å². The minimum Gasteiger partial charge on any atom is -0.497 e. The normalized spacial score (nSPS) is 10.4. The summed E-state index contributed by atoms with van der Waals surface area (Å²) in [6, 6.07) is 12.5. The van der Waals surface area contributed by atoms with E-state index in [1.54, 1.807) is 26.4 Å². The number of methoxy groups -OCH3 is 1. The predicted octanol–water partition coefficient (Wildman–Crippen LogP) is 2.81. The summed E-state index contributed by atoms with van der Waals surface area (Å²) < 4.78 is 16.0. The van der Waals surface area contributed by atoms with Gasteiger partial charge < -0.3 is 24.5 Å². The number of hydrogen-bond donors (Lipinski definition) is 2. The van der Waals surface area contributed by atoms with E-state index in [2.05, 4.69) is 20.6 Å². The quantitative estimate of drug-likeness (QED) is 0.549. The fourth-order valence-corrected chi connectivity index (χ4v) is 2.46. The van der Waals surface area contributed by atoms with E-state index in [4.69, 9.17) is 13.9 Å². The van der Waals surface area contributed by atoms with Crippen LogP contribution < -0.4 is 20.1 Å². The van der Waals surface area contributed by atoms with Crippen molar-refractivity contribution in [1.82, 2.24) is 15.3 Å². The number of carbonyl (C=O) groups excluding carboxylic acids is 1. The van der Waals surface area contributed by atoms with Gasteiger partial charge in [-0.05, 0) is 43.3 Å². The lowest BCUT2D eigenvalue weighted by molar-refractivity contribution is 0.0941. The summed E-state index contributed by atoms with van der Waals surface area (Å²) in [6.07, 6.45) is 1.61. The third kappa shape index (κ3) is 5.47. The Morgan fingerprint density at radius 2 is 1.93 bits per heavy atom. The number of hydrogen-bond acceptors (Lipinski definition) is 7. The number of benzene rings is 1. The molecule has 3 aromatic rings. The lowest BCUT2D eigenvalue weighted by atomic mass is 10.3. The van der Waals surface area contributed by atoms with Crippen molar-refractivity contribution >= 4 is 11.7 Å². The molecule has 0 aliphatic rings. The second-order valence-electron chi connectivity index (χ2n) is 5.90. The van der Waals surface area contributed by atoms with Crippen LogP contribution in [0.1, 0.15) is 22.1 Å². The highest BCUT2D eigenvalue weighted by atomic mass is 16.5. The number of nitrogens with zero attached hydrogens (tertiary/aromatic N) is 2. The Balaban J connectivity index is 1.49. The SMILES string of the molecule is COc1ccc(OCCNC(=O)c2cc(NCc3ccco3)nc(C)n2)cc1. The number of aryl methyl sites for hydroxylation is 1. The standard InChI is InChI=1S/C20H22N4O4/c1-14-23-18(12-19(24-14)22-13-17-4-3-10-27-17)20(25)21-9-11-28-16-7-5-15(26-2)6-8-16/h3-8,10,12H,9,11,13H2,1-2H3,(H,21,25)(H,22,23,24). The number of nitrogens with one attached hydrogen (secondary N) is 2. The average Bonchev–Trinajstić information content (AvgIpc) is 3.23. The maximum Gasteiger partial charge on any atom is 0.270 e. The number of carbonyl (C=O) groups is 1. The molecule has 2 heterocycles. The van der Waals surface area contributed by atoms with Crippen molar-refractivity contribution in [2.24, 2.45) is 0 Å². The number of aromatic nitrogens is 2. The summed E-state index contributed by atoms with van der Waals surface area (Å²) in [7, 11) is 1.61. The molecule has 0 aliphatic carbocycles. The molecule has 146 valence electrons. The third-order valence-corrected chi connectivity index (χ3v) is 3.81. The number of amides is 1. The van der Waals surface area contributed by atoms with Crippen molar-refractivity contribution in [3.8, 4) is 11.5 Å². The smallest absolute Gasteiger partial charge is 0.270 e. The van der Waals surface area contributed by atoms with Gasteiger partial charge in [0.1, 0.15) is 41.2 Å². The fourth-order valence-electron chi connectivity index (χ4n) is 2.46. The molecule has 8 nitrogen and oxygen atoms in total. The third-order valence-electron chi connectivity index (χ3n) is 3.81. The first kappa shape index (κ1) is 19.2. The van der Waals surface area contributed by atoms with Crippen LogP contribution >= 0.6 is 0 Å². The van der Waals surface area contributed by atoms with Gasteiger partial charge in [-0.1, -0.05) is 0 Å². The van der Waals surface area contributed by atoms with E-state index in [1.807, 2.05) is 36.4 Å². The minimum atomic E-state index is -0.287. The molecule has 0 atom stereocenters. The molecule has 0 bridgehead atoms. The minimum absolute atomic E-state index is 0.287.